The predicted molar refractivity (Wildman–Crippen MR) is 95.3 cm³/mol. The highest BCUT2D eigenvalue weighted by atomic mass is 127. The van der Waals surface area contributed by atoms with Crippen LogP contribution in [0.15, 0.2) is 42.5 Å². The molecular formula is C17H18ClFIN. The number of benzene rings is 2. The molecule has 2 rings (SSSR count). The van der Waals surface area contributed by atoms with Crippen molar-refractivity contribution in [2.24, 2.45) is 0 Å². The molecule has 1 nitrogen and oxygen atoms in total. The van der Waals surface area contributed by atoms with Crippen molar-refractivity contribution < 1.29 is 4.39 Å². The van der Waals surface area contributed by atoms with Crippen molar-refractivity contribution in [3.8, 4) is 0 Å². The molecule has 0 radical (unpaired) electrons. The summed E-state index contributed by atoms with van der Waals surface area (Å²) in [6.07, 6.45) is 1.77. The van der Waals surface area contributed by atoms with Gasteiger partial charge in [0, 0.05) is 20.2 Å². The van der Waals surface area contributed by atoms with Crippen LogP contribution in [0.25, 0.3) is 0 Å². The van der Waals surface area contributed by atoms with Crippen molar-refractivity contribution >= 4 is 34.2 Å². The van der Waals surface area contributed by atoms with Gasteiger partial charge < -0.3 is 5.32 Å². The zero-order chi connectivity index (χ0) is 15.2. The van der Waals surface area contributed by atoms with Gasteiger partial charge in [-0.25, -0.2) is 4.39 Å². The van der Waals surface area contributed by atoms with E-state index in [1.807, 2.05) is 0 Å². The second-order valence-corrected chi connectivity index (χ2v) is 6.69. The second-order valence-electron chi connectivity index (χ2n) is 5.00. The van der Waals surface area contributed by atoms with Crippen LogP contribution in [0, 0.1) is 9.39 Å². The summed E-state index contributed by atoms with van der Waals surface area (Å²) in [5, 5.41) is 3.85. The average Bonchev–Trinajstić information content (AvgIpc) is 2.46. The van der Waals surface area contributed by atoms with Crippen LogP contribution in [0.5, 0.6) is 0 Å². The Balaban J connectivity index is 2.22. The highest BCUT2D eigenvalue weighted by Crippen LogP contribution is 2.24. The molecule has 21 heavy (non-hydrogen) atoms. The third-order valence-corrected chi connectivity index (χ3v) is 4.29. The maximum absolute atomic E-state index is 14.2. The third kappa shape index (κ3) is 4.94. The quantitative estimate of drug-likeness (QED) is 0.623. The summed E-state index contributed by atoms with van der Waals surface area (Å²) >= 11 is 8.13. The van der Waals surface area contributed by atoms with E-state index in [2.05, 4.69) is 59.1 Å². The van der Waals surface area contributed by atoms with E-state index in [0.717, 1.165) is 19.4 Å². The molecule has 0 fully saturated rings. The van der Waals surface area contributed by atoms with Gasteiger partial charge in [0.25, 0.3) is 0 Å². The van der Waals surface area contributed by atoms with Gasteiger partial charge in [0.15, 0.2) is 0 Å². The minimum atomic E-state index is -0.249. The van der Waals surface area contributed by atoms with Gasteiger partial charge in [0.1, 0.15) is 5.82 Å². The van der Waals surface area contributed by atoms with Gasteiger partial charge in [0.05, 0.1) is 0 Å². The molecule has 2 aromatic rings. The van der Waals surface area contributed by atoms with Gasteiger partial charge >= 0.3 is 0 Å². The molecule has 2 aromatic carbocycles. The molecule has 0 saturated heterocycles. The Morgan fingerprint density at radius 3 is 2.52 bits per heavy atom. The topological polar surface area (TPSA) is 12.0 Å². The number of hydrogen-bond donors (Lipinski definition) is 1. The van der Waals surface area contributed by atoms with Crippen LogP contribution < -0.4 is 5.32 Å². The number of nitrogens with one attached hydrogen (secondary N) is 1. The number of rotatable bonds is 6. The minimum absolute atomic E-state index is 0.0396. The van der Waals surface area contributed by atoms with Crippen molar-refractivity contribution in [3.05, 3.63) is 68.0 Å². The maximum atomic E-state index is 14.2. The lowest BCUT2D eigenvalue weighted by Crippen LogP contribution is -2.25. The van der Waals surface area contributed by atoms with E-state index in [1.54, 1.807) is 12.1 Å². The molecule has 112 valence electrons. The number of hydrogen-bond acceptors (Lipinski definition) is 1. The average molecular weight is 418 g/mol. The molecule has 0 aliphatic heterocycles. The summed E-state index contributed by atoms with van der Waals surface area (Å²) in [4.78, 5) is 0. The van der Waals surface area contributed by atoms with Crippen molar-refractivity contribution in [2.45, 2.75) is 25.8 Å². The summed E-state index contributed by atoms with van der Waals surface area (Å²) in [6, 6.07) is 13.2. The van der Waals surface area contributed by atoms with E-state index in [1.165, 1.54) is 15.2 Å². The van der Waals surface area contributed by atoms with Crippen LogP contribution >= 0.6 is 34.2 Å². The van der Waals surface area contributed by atoms with E-state index < -0.39 is 0 Å². The fraction of sp³-hybridized carbons (Fsp3) is 0.294. The normalized spacial score (nSPS) is 12.4. The molecule has 0 heterocycles. The molecule has 0 bridgehead atoms. The van der Waals surface area contributed by atoms with Gasteiger partial charge in [0.2, 0.25) is 0 Å². The van der Waals surface area contributed by atoms with Crippen molar-refractivity contribution in [1.82, 2.24) is 5.32 Å². The summed E-state index contributed by atoms with van der Waals surface area (Å²) in [5.41, 5.74) is 1.87. The zero-order valence-electron chi connectivity index (χ0n) is 11.9. The Labute approximate surface area is 144 Å². The Morgan fingerprint density at radius 2 is 1.90 bits per heavy atom. The van der Waals surface area contributed by atoms with Crippen LogP contribution in [-0.2, 0) is 6.42 Å². The molecule has 0 aliphatic rings. The summed E-state index contributed by atoms with van der Waals surface area (Å²) in [5.74, 6) is -0.249. The van der Waals surface area contributed by atoms with E-state index >= 15 is 0 Å². The molecule has 0 spiro atoms. The fourth-order valence-corrected chi connectivity index (χ4v) is 2.77. The van der Waals surface area contributed by atoms with Gasteiger partial charge in [-0.3, -0.25) is 0 Å². The first kappa shape index (κ1) is 16.7. The molecule has 0 aromatic heterocycles. The minimum Gasteiger partial charge on any atom is -0.310 e. The van der Waals surface area contributed by atoms with E-state index in [9.17, 15) is 4.39 Å². The van der Waals surface area contributed by atoms with Crippen LogP contribution in [0.2, 0.25) is 5.02 Å². The molecule has 0 aliphatic carbocycles. The standard InChI is InChI=1S/C17H18ClFIN/c1-2-9-21-17(10-12-3-6-14(20)7-4-12)15-8-5-13(18)11-16(15)19/h3-8,11,17,21H,2,9-10H2,1H3. The van der Waals surface area contributed by atoms with Crippen LogP contribution in [0.1, 0.15) is 30.5 Å². The first-order valence-corrected chi connectivity index (χ1v) is 8.48. The molecule has 1 atom stereocenters. The van der Waals surface area contributed by atoms with Crippen LogP contribution in [0.3, 0.4) is 0 Å². The monoisotopic (exact) mass is 417 g/mol. The Morgan fingerprint density at radius 1 is 1.19 bits per heavy atom. The van der Waals surface area contributed by atoms with Crippen LogP contribution in [-0.4, -0.2) is 6.54 Å². The van der Waals surface area contributed by atoms with Gasteiger partial charge in [-0.15, -0.1) is 0 Å². The Hall–Kier alpha value is -0.650. The highest BCUT2D eigenvalue weighted by Gasteiger charge is 2.16. The van der Waals surface area contributed by atoms with Crippen molar-refractivity contribution in [2.75, 3.05) is 6.54 Å². The molecule has 0 saturated carbocycles. The Bertz CT molecular complexity index is 586. The summed E-state index contributed by atoms with van der Waals surface area (Å²) in [7, 11) is 0. The van der Waals surface area contributed by atoms with E-state index in [4.69, 9.17) is 11.6 Å². The largest absolute Gasteiger partial charge is 0.310 e. The van der Waals surface area contributed by atoms with E-state index in [0.29, 0.717) is 10.6 Å². The highest BCUT2D eigenvalue weighted by molar-refractivity contribution is 14.1. The molecule has 1 unspecified atom stereocenters. The molecule has 1 N–H and O–H groups in total. The maximum Gasteiger partial charge on any atom is 0.129 e. The first-order valence-electron chi connectivity index (χ1n) is 7.03. The molecule has 0 amide bonds. The lowest BCUT2D eigenvalue weighted by Gasteiger charge is -2.20. The molecular weight excluding hydrogens is 400 g/mol. The van der Waals surface area contributed by atoms with Crippen molar-refractivity contribution in [1.29, 1.82) is 0 Å². The van der Waals surface area contributed by atoms with Crippen LogP contribution in [0.4, 0.5) is 4.39 Å². The first-order chi connectivity index (χ1) is 10.1. The van der Waals surface area contributed by atoms with E-state index in [-0.39, 0.29) is 11.9 Å². The smallest absolute Gasteiger partial charge is 0.129 e. The van der Waals surface area contributed by atoms with Gasteiger partial charge in [-0.05, 0) is 71.8 Å². The van der Waals surface area contributed by atoms with Gasteiger partial charge in [-0.2, -0.15) is 0 Å². The lowest BCUT2D eigenvalue weighted by molar-refractivity contribution is 0.497. The Kier molecular flexibility index (Phi) is 6.45. The zero-order valence-corrected chi connectivity index (χ0v) is 14.8. The van der Waals surface area contributed by atoms with Crippen molar-refractivity contribution in [3.63, 3.8) is 0 Å². The third-order valence-electron chi connectivity index (χ3n) is 3.33. The summed E-state index contributed by atoms with van der Waals surface area (Å²) in [6.45, 7) is 2.96. The fourth-order valence-electron chi connectivity index (χ4n) is 2.25. The van der Waals surface area contributed by atoms with Gasteiger partial charge in [-0.1, -0.05) is 36.7 Å². The second kappa shape index (κ2) is 8.11. The number of halogens is 3. The molecule has 4 heteroatoms. The summed E-state index contributed by atoms with van der Waals surface area (Å²) < 4.78 is 15.4. The SMILES string of the molecule is CCCNC(Cc1ccc(I)cc1)c1ccc(Cl)cc1F. The lowest BCUT2D eigenvalue weighted by atomic mass is 9.98. The predicted octanol–water partition coefficient (Wildman–Crippen LogP) is 5.37.